The number of nitriles is 1. The Kier molecular flexibility index (Phi) is 8.34. The van der Waals surface area contributed by atoms with Gasteiger partial charge in [0.05, 0.1) is 30.7 Å². The minimum Gasteiger partial charge on any atom is -0.497 e. The van der Waals surface area contributed by atoms with Crippen molar-refractivity contribution in [2.45, 2.75) is 17.2 Å². The Morgan fingerprint density at radius 2 is 1.59 bits per heavy atom. The zero-order chi connectivity index (χ0) is 26.4. The fraction of sp³-hybridized carbons (Fsp3) is 0.138. The van der Waals surface area contributed by atoms with Gasteiger partial charge in [-0.05, 0) is 73.2 Å². The Morgan fingerprint density at radius 3 is 2.16 bits per heavy atom. The summed E-state index contributed by atoms with van der Waals surface area (Å²) in [6.07, 6.45) is 0. The molecule has 3 aromatic carbocycles. The molecule has 1 atom stereocenters. The number of carbonyl (C=O) groups excluding carboxylic acids is 1. The van der Waals surface area contributed by atoms with Gasteiger partial charge in [-0.15, -0.1) is 0 Å². The van der Waals surface area contributed by atoms with Crippen molar-refractivity contribution in [1.82, 2.24) is 4.98 Å². The number of ether oxygens (including phenoxy) is 2. The number of nitrogens with zero attached hydrogens (tertiary/aromatic N) is 2. The normalized spacial score (nSPS) is 11.3. The van der Waals surface area contributed by atoms with Gasteiger partial charge >= 0.3 is 0 Å². The molecule has 0 unspecified atom stereocenters. The van der Waals surface area contributed by atoms with E-state index in [2.05, 4.69) is 11.4 Å². The van der Waals surface area contributed by atoms with Crippen molar-refractivity contribution in [2.75, 3.05) is 19.5 Å². The molecular weight excluding hydrogens is 506 g/mol. The lowest BCUT2D eigenvalue weighted by Crippen LogP contribution is -2.22. The van der Waals surface area contributed by atoms with Gasteiger partial charge in [0.15, 0.2) is 0 Å². The number of nitrogens with one attached hydrogen (secondary N) is 1. The molecule has 6 nitrogen and oxygen atoms in total. The van der Waals surface area contributed by atoms with Gasteiger partial charge < -0.3 is 14.8 Å². The lowest BCUT2D eigenvalue weighted by Gasteiger charge is -2.16. The summed E-state index contributed by atoms with van der Waals surface area (Å²) in [6.45, 7) is 1.78. The smallest absolute Gasteiger partial charge is 0.237 e. The van der Waals surface area contributed by atoms with Crippen LogP contribution in [0.1, 0.15) is 12.5 Å². The summed E-state index contributed by atoms with van der Waals surface area (Å²) in [7, 11) is 3.22. The van der Waals surface area contributed by atoms with E-state index < -0.39 is 5.25 Å². The summed E-state index contributed by atoms with van der Waals surface area (Å²) >= 11 is 7.28. The van der Waals surface area contributed by atoms with Gasteiger partial charge in [-0.2, -0.15) is 5.26 Å². The van der Waals surface area contributed by atoms with E-state index in [-0.39, 0.29) is 5.91 Å². The highest BCUT2D eigenvalue weighted by Crippen LogP contribution is 2.36. The van der Waals surface area contributed by atoms with E-state index >= 15 is 0 Å². The highest BCUT2D eigenvalue weighted by atomic mass is 35.5. The van der Waals surface area contributed by atoms with E-state index in [4.69, 9.17) is 26.1 Å². The number of pyridine rings is 1. The van der Waals surface area contributed by atoms with E-state index in [0.29, 0.717) is 32.7 Å². The summed E-state index contributed by atoms with van der Waals surface area (Å²) in [5.74, 6) is 1.22. The number of benzene rings is 3. The van der Waals surface area contributed by atoms with Gasteiger partial charge in [-0.1, -0.05) is 41.6 Å². The molecule has 0 spiro atoms. The number of thioether (sulfide) groups is 1. The van der Waals surface area contributed by atoms with Crippen LogP contribution in [0.4, 0.5) is 5.69 Å². The first-order chi connectivity index (χ1) is 17.9. The number of methoxy groups -OCH3 is 2. The SMILES string of the molecule is COc1ccc(-c2cc(-c3ccc(OC)cc3)c(C#N)c(S[C@@H](C)C(=O)Nc3cccc(Cl)c3)n2)cc1. The lowest BCUT2D eigenvalue weighted by molar-refractivity contribution is -0.115. The molecule has 186 valence electrons. The average molecular weight is 530 g/mol. The lowest BCUT2D eigenvalue weighted by atomic mass is 9.99. The number of anilines is 1. The Hall–Kier alpha value is -3.99. The van der Waals surface area contributed by atoms with Crippen molar-refractivity contribution in [3.8, 4) is 40.0 Å². The number of amides is 1. The van der Waals surface area contributed by atoms with Gasteiger partial charge in [-0.3, -0.25) is 4.79 Å². The Labute approximate surface area is 225 Å². The van der Waals surface area contributed by atoms with Gasteiger partial charge in [-0.25, -0.2) is 4.98 Å². The number of carbonyl (C=O) groups is 1. The fourth-order valence-electron chi connectivity index (χ4n) is 3.65. The zero-order valence-corrected chi connectivity index (χ0v) is 22.1. The Morgan fingerprint density at radius 1 is 0.973 bits per heavy atom. The van der Waals surface area contributed by atoms with E-state index in [0.717, 1.165) is 22.4 Å². The number of hydrogen-bond acceptors (Lipinski definition) is 6. The van der Waals surface area contributed by atoms with Crippen LogP contribution in [-0.2, 0) is 4.79 Å². The van der Waals surface area contributed by atoms with Crippen LogP contribution >= 0.6 is 23.4 Å². The first-order valence-electron chi connectivity index (χ1n) is 11.4. The molecule has 37 heavy (non-hydrogen) atoms. The fourth-order valence-corrected chi connectivity index (χ4v) is 4.77. The summed E-state index contributed by atoms with van der Waals surface area (Å²) in [6, 6.07) is 26.2. The molecule has 0 saturated heterocycles. The topological polar surface area (TPSA) is 84.2 Å². The molecule has 1 aromatic heterocycles. The molecule has 0 saturated carbocycles. The molecule has 0 aliphatic carbocycles. The number of rotatable bonds is 8. The van der Waals surface area contributed by atoms with Crippen LogP contribution in [0, 0.1) is 11.3 Å². The van der Waals surface area contributed by atoms with Crippen LogP contribution in [0.5, 0.6) is 11.5 Å². The van der Waals surface area contributed by atoms with Gasteiger partial charge in [0.25, 0.3) is 0 Å². The van der Waals surface area contributed by atoms with Gasteiger partial charge in [0.1, 0.15) is 22.6 Å². The Bertz CT molecular complexity index is 1450. The van der Waals surface area contributed by atoms with E-state index in [1.54, 1.807) is 45.4 Å². The molecule has 1 heterocycles. The summed E-state index contributed by atoms with van der Waals surface area (Å²) in [5, 5.41) is 13.5. The molecule has 0 aliphatic rings. The molecule has 0 bridgehead atoms. The second-order valence-electron chi connectivity index (χ2n) is 8.06. The monoisotopic (exact) mass is 529 g/mol. The maximum atomic E-state index is 13.0. The van der Waals surface area contributed by atoms with Crippen LogP contribution in [0.3, 0.4) is 0 Å². The summed E-state index contributed by atoms with van der Waals surface area (Å²) in [5.41, 5.74) is 4.10. The number of halogens is 1. The molecule has 8 heteroatoms. The van der Waals surface area contributed by atoms with Crippen molar-refractivity contribution in [3.63, 3.8) is 0 Å². The van der Waals surface area contributed by atoms with E-state index in [1.165, 1.54) is 11.8 Å². The van der Waals surface area contributed by atoms with Gasteiger partial charge in [0, 0.05) is 21.8 Å². The molecule has 4 rings (SSSR count). The van der Waals surface area contributed by atoms with Crippen molar-refractivity contribution >= 4 is 35.0 Å². The number of aromatic nitrogens is 1. The molecule has 1 N–H and O–H groups in total. The van der Waals surface area contributed by atoms with Gasteiger partial charge in [0.2, 0.25) is 5.91 Å². The molecule has 4 aromatic rings. The maximum absolute atomic E-state index is 13.0. The summed E-state index contributed by atoms with van der Waals surface area (Å²) in [4.78, 5) is 17.8. The second-order valence-corrected chi connectivity index (χ2v) is 9.83. The maximum Gasteiger partial charge on any atom is 0.237 e. The molecule has 0 aliphatic heterocycles. The van der Waals surface area contributed by atoms with Crippen LogP contribution in [0.15, 0.2) is 83.9 Å². The first kappa shape index (κ1) is 26.1. The highest BCUT2D eigenvalue weighted by Gasteiger charge is 2.22. The average Bonchev–Trinajstić information content (AvgIpc) is 2.92. The molecule has 0 fully saturated rings. The van der Waals surface area contributed by atoms with Crippen LogP contribution in [0.25, 0.3) is 22.4 Å². The molecule has 1 amide bonds. The second kappa shape index (κ2) is 11.8. The van der Waals surface area contributed by atoms with Crippen molar-refractivity contribution in [1.29, 1.82) is 5.26 Å². The minimum absolute atomic E-state index is 0.223. The third-order valence-corrected chi connectivity index (χ3v) is 6.96. The van der Waals surface area contributed by atoms with Crippen molar-refractivity contribution in [2.24, 2.45) is 0 Å². The Balaban J connectivity index is 1.74. The molecule has 0 radical (unpaired) electrons. The molecular formula is C29H24ClN3O3S. The predicted octanol–water partition coefficient (Wildman–Crippen LogP) is 7.08. The third kappa shape index (κ3) is 6.23. The zero-order valence-electron chi connectivity index (χ0n) is 20.5. The van der Waals surface area contributed by atoms with E-state index in [9.17, 15) is 10.1 Å². The van der Waals surface area contributed by atoms with Crippen molar-refractivity contribution < 1.29 is 14.3 Å². The van der Waals surface area contributed by atoms with Crippen LogP contribution in [-0.4, -0.2) is 30.4 Å². The van der Waals surface area contributed by atoms with Crippen molar-refractivity contribution in [3.05, 3.63) is 89.4 Å². The third-order valence-electron chi connectivity index (χ3n) is 5.63. The standard InChI is InChI=1S/C29H24ClN3O3S/c1-18(28(34)32-22-6-4-5-21(30)15-22)37-29-26(17-31)25(19-7-11-23(35-2)12-8-19)16-27(33-29)20-9-13-24(36-3)14-10-20/h4-16,18H,1-3H3,(H,32,34)/t18-/m0/s1. The predicted molar refractivity (Wildman–Crippen MR) is 148 cm³/mol. The minimum atomic E-state index is -0.534. The largest absolute Gasteiger partial charge is 0.497 e. The quantitative estimate of drug-likeness (QED) is 0.245. The summed E-state index contributed by atoms with van der Waals surface area (Å²) < 4.78 is 10.6. The van der Waals surface area contributed by atoms with E-state index in [1.807, 2.05) is 54.6 Å². The first-order valence-corrected chi connectivity index (χ1v) is 12.6. The number of hydrogen-bond donors (Lipinski definition) is 1. The van der Waals surface area contributed by atoms with Crippen LogP contribution in [0.2, 0.25) is 5.02 Å². The highest BCUT2D eigenvalue weighted by molar-refractivity contribution is 8.00. The van der Waals surface area contributed by atoms with Crippen LogP contribution < -0.4 is 14.8 Å².